The number of likely N-dealkylation sites (N-methyl/N-ethyl adjacent to an activating group) is 1. The van der Waals surface area contributed by atoms with Gasteiger partial charge in [-0.25, -0.2) is 4.98 Å². The van der Waals surface area contributed by atoms with E-state index < -0.39 is 0 Å². The number of para-hydroxylation sites is 1. The van der Waals surface area contributed by atoms with Crippen LogP contribution >= 0.6 is 36.2 Å². The molecule has 2 aromatic carbocycles. The molecule has 3 aromatic rings. The Morgan fingerprint density at radius 2 is 1.93 bits per heavy atom. The first kappa shape index (κ1) is 23.4. The minimum absolute atomic E-state index is 0. The maximum absolute atomic E-state index is 6.10. The summed E-state index contributed by atoms with van der Waals surface area (Å²) in [6.07, 6.45) is 1.83. The second-order valence-electron chi connectivity index (χ2n) is 5.96. The molecule has 0 amide bonds. The number of nitrogens with zero attached hydrogens (tertiary/aromatic N) is 2. The molecule has 0 saturated heterocycles. The molecular weight excluding hydrogens is 401 g/mol. The molecule has 0 aliphatic rings. The molecule has 1 heterocycles. The number of aromatic nitrogens is 1. The zero-order valence-corrected chi connectivity index (χ0v) is 17.7. The minimum Gasteiger partial charge on any atom is -0.489 e. The summed E-state index contributed by atoms with van der Waals surface area (Å²) in [5.74, 6) is 0.922. The van der Waals surface area contributed by atoms with Gasteiger partial charge < -0.3 is 15.4 Å². The molecule has 146 valence electrons. The lowest BCUT2D eigenvalue weighted by atomic mass is 10.1. The third-order valence-electron chi connectivity index (χ3n) is 3.92. The molecule has 0 atom stereocenters. The van der Waals surface area contributed by atoms with Crippen LogP contribution < -0.4 is 10.5 Å². The second-order valence-corrected chi connectivity index (χ2v) is 6.86. The number of ether oxygens (including phenoxy) is 1. The third-order valence-corrected chi connectivity index (χ3v) is 4.75. The molecular formula is C20H25Cl2N3OS. The summed E-state index contributed by atoms with van der Waals surface area (Å²) >= 11 is 1.65. The summed E-state index contributed by atoms with van der Waals surface area (Å²) < 4.78 is 6.10. The molecule has 0 fully saturated rings. The van der Waals surface area contributed by atoms with E-state index in [-0.39, 0.29) is 24.8 Å². The summed E-state index contributed by atoms with van der Waals surface area (Å²) in [7, 11) is 2.07. The Morgan fingerprint density at radius 3 is 2.67 bits per heavy atom. The fourth-order valence-electron chi connectivity index (χ4n) is 2.69. The number of hydrogen-bond donors (Lipinski definition) is 1. The van der Waals surface area contributed by atoms with E-state index >= 15 is 0 Å². The van der Waals surface area contributed by atoms with E-state index in [9.17, 15) is 0 Å². The van der Waals surface area contributed by atoms with Crippen LogP contribution in [0.4, 0.5) is 0 Å². The van der Waals surface area contributed by atoms with Crippen LogP contribution in [0.2, 0.25) is 0 Å². The van der Waals surface area contributed by atoms with Crippen LogP contribution in [0.1, 0.15) is 11.1 Å². The van der Waals surface area contributed by atoms with E-state index in [2.05, 4.69) is 47.3 Å². The molecule has 1 aromatic heterocycles. The lowest BCUT2D eigenvalue weighted by Gasteiger charge is -2.18. The van der Waals surface area contributed by atoms with Gasteiger partial charge >= 0.3 is 0 Å². The van der Waals surface area contributed by atoms with Crippen LogP contribution in [0.5, 0.6) is 5.75 Å². The summed E-state index contributed by atoms with van der Waals surface area (Å²) in [5.41, 5.74) is 9.08. The highest BCUT2D eigenvalue weighted by molar-refractivity contribution is 7.13. The average Bonchev–Trinajstić information content (AvgIpc) is 3.16. The minimum atomic E-state index is 0. The zero-order chi connectivity index (χ0) is 17.5. The highest BCUT2D eigenvalue weighted by atomic mass is 35.5. The van der Waals surface area contributed by atoms with Crippen LogP contribution in [-0.2, 0) is 13.2 Å². The molecule has 0 bridgehead atoms. The van der Waals surface area contributed by atoms with Crippen molar-refractivity contribution in [3.05, 3.63) is 71.2 Å². The molecule has 0 radical (unpaired) electrons. The van der Waals surface area contributed by atoms with Crippen molar-refractivity contribution in [2.75, 3.05) is 20.1 Å². The van der Waals surface area contributed by atoms with Gasteiger partial charge in [-0.15, -0.1) is 36.2 Å². The maximum atomic E-state index is 6.10. The third kappa shape index (κ3) is 6.79. The van der Waals surface area contributed by atoms with Gasteiger partial charge in [0.1, 0.15) is 17.4 Å². The first-order valence-electron chi connectivity index (χ1n) is 8.34. The number of nitrogens with two attached hydrogens (primary N) is 1. The Kier molecular flexibility index (Phi) is 10.4. The number of hydrogen-bond acceptors (Lipinski definition) is 5. The molecule has 0 aliphatic carbocycles. The molecule has 0 saturated carbocycles. The number of thiazole rings is 1. The Labute approximate surface area is 177 Å². The SMILES string of the molecule is CN(CCN)Cc1ccccc1OCc1cccc(-c2nccs2)c1.Cl.Cl. The first-order valence-corrected chi connectivity index (χ1v) is 9.22. The molecule has 0 unspecified atom stereocenters. The molecule has 7 heteroatoms. The fourth-order valence-corrected chi connectivity index (χ4v) is 3.32. The first-order chi connectivity index (χ1) is 12.3. The van der Waals surface area contributed by atoms with Gasteiger partial charge in [-0.1, -0.05) is 36.4 Å². The van der Waals surface area contributed by atoms with Crippen molar-refractivity contribution in [2.24, 2.45) is 5.73 Å². The van der Waals surface area contributed by atoms with Gasteiger partial charge in [0.05, 0.1) is 0 Å². The molecule has 4 nitrogen and oxygen atoms in total. The van der Waals surface area contributed by atoms with Gasteiger partial charge in [-0.2, -0.15) is 0 Å². The van der Waals surface area contributed by atoms with Crippen molar-refractivity contribution in [3.8, 4) is 16.3 Å². The largest absolute Gasteiger partial charge is 0.489 e. The molecule has 2 N–H and O–H groups in total. The predicted molar refractivity (Wildman–Crippen MR) is 118 cm³/mol. The maximum Gasteiger partial charge on any atom is 0.124 e. The topological polar surface area (TPSA) is 51.4 Å². The smallest absolute Gasteiger partial charge is 0.124 e. The van der Waals surface area contributed by atoms with Crippen molar-refractivity contribution >= 4 is 36.2 Å². The van der Waals surface area contributed by atoms with Crippen LogP contribution in [0.3, 0.4) is 0 Å². The summed E-state index contributed by atoms with van der Waals surface area (Å²) in [6, 6.07) is 16.5. The molecule has 0 aliphatic heterocycles. The van der Waals surface area contributed by atoms with E-state index in [0.29, 0.717) is 13.2 Å². The van der Waals surface area contributed by atoms with Crippen molar-refractivity contribution in [1.29, 1.82) is 0 Å². The van der Waals surface area contributed by atoms with Gasteiger partial charge in [0.25, 0.3) is 0 Å². The summed E-state index contributed by atoms with van der Waals surface area (Å²) in [4.78, 5) is 6.57. The van der Waals surface area contributed by atoms with Crippen LogP contribution in [0.25, 0.3) is 10.6 Å². The normalized spacial score (nSPS) is 10.2. The van der Waals surface area contributed by atoms with Crippen LogP contribution in [-0.4, -0.2) is 30.0 Å². The van der Waals surface area contributed by atoms with Gasteiger partial charge in [0.2, 0.25) is 0 Å². The number of rotatable bonds is 8. The summed E-state index contributed by atoms with van der Waals surface area (Å²) in [6.45, 7) is 2.89. The van der Waals surface area contributed by atoms with Crippen LogP contribution in [0, 0.1) is 0 Å². The summed E-state index contributed by atoms with van der Waals surface area (Å²) in [5, 5.41) is 3.03. The Bertz CT molecular complexity index is 799. The fraction of sp³-hybridized carbons (Fsp3) is 0.250. The zero-order valence-electron chi connectivity index (χ0n) is 15.2. The van der Waals surface area contributed by atoms with Gasteiger partial charge in [0.15, 0.2) is 0 Å². The van der Waals surface area contributed by atoms with E-state index in [1.807, 2.05) is 29.8 Å². The molecule has 0 spiro atoms. The van der Waals surface area contributed by atoms with Gasteiger partial charge in [0, 0.05) is 42.3 Å². The number of halogens is 2. The van der Waals surface area contributed by atoms with Crippen molar-refractivity contribution in [1.82, 2.24) is 9.88 Å². The Morgan fingerprint density at radius 1 is 1.11 bits per heavy atom. The van der Waals surface area contributed by atoms with E-state index in [1.54, 1.807) is 11.3 Å². The van der Waals surface area contributed by atoms with E-state index in [0.717, 1.165) is 35.0 Å². The van der Waals surface area contributed by atoms with Crippen molar-refractivity contribution in [3.63, 3.8) is 0 Å². The molecule has 3 rings (SSSR count). The standard InChI is InChI=1S/C20H23N3OS.2ClH/c1-23(11-9-21)14-18-6-2-3-8-19(18)24-15-16-5-4-7-17(13-16)20-22-10-12-25-20;;/h2-8,10,12-13H,9,11,14-15,21H2,1H3;2*1H. The highest BCUT2D eigenvalue weighted by Gasteiger charge is 2.07. The average molecular weight is 426 g/mol. The monoisotopic (exact) mass is 425 g/mol. The quantitative estimate of drug-likeness (QED) is 0.571. The Balaban J connectivity index is 0.00000182. The second kappa shape index (κ2) is 12.0. The van der Waals surface area contributed by atoms with Gasteiger partial charge in [-0.05, 0) is 24.7 Å². The lowest BCUT2D eigenvalue weighted by Crippen LogP contribution is -2.25. The lowest BCUT2D eigenvalue weighted by molar-refractivity contribution is 0.287. The van der Waals surface area contributed by atoms with Crippen LogP contribution in [0.15, 0.2) is 60.1 Å². The highest BCUT2D eigenvalue weighted by Crippen LogP contribution is 2.24. The van der Waals surface area contributed by atoms with Crippen molar-refractivity contribution in [2.45, 2.75) is 13.2 Å². The van der Waals surface area contributed by atoms with E-state index in [4.69, 9.17) is 10.5 Å². The van der Waals surface area contributed by atoms with Crippen molar-refractivity contribution < 1.29 is 4.74 Å². The molecule has 27 heavy (non-hydrogen) atoms. The number of benzene rings is 2. The predicted octanol–water partition coefficient (Wildman–Crippen LogP) is 4.62. The van der Waals surface area contributed by atoms with Gasteiger partial charge in [-0.3, -0.25) is 0 Å². The Hall–Kier alpha value is -1.63. The van der Waals surface area contributed by atoms with E-state index in [1.165, 1.54) is 5.56 Å².